The summed E-state index contributed by atoms with van der Waals surface area (Å²) in [5, 5.41) is 5.20. The molecule has 2 aromatic carbocycles. The minimum Gasteiger partial charge on any atom is -0.464 e. The number of esters is 1. The summed E-state index contributed by atoms with van der Waals surface area (Å²) in [6.07, 6.45) is -1.32. The molecule has 0 aliphatic rings. The number of amides is 2. The molecule has 0 aliphatic carbocycles. The number of ether oxygens (including phenoxy) is 3. The van der Waals surface area contributed by atoms with Crippen LogP contribution in [0.5, 0.6) is 0 Å². The number of carbonyl (C=O) groups is 3. The second kappa shape index (κ2) is 13.3. The fourth-order valence-corrected chi connectivity index (χ4v) is 3.66. The Kier molecular flexibility index (Phi) is 10.5. The molecule has 0 radical (unpaired) electrons. The molecule has 0 fully saturated rings. The van der Waals surface area contributed by atoms with Crippen LogP contribution in [0.1, 0.15) is 31.9 Å². The van der Waals surface area contributed by atoms with E-state index in [-0.39, 0.29) is 18.8 Å². The van der Waals surface area contributed by atoms with Gasteiger partial charge in [0.1, 0.15) is 17.9 Å². The van der Waals surface area contributed by atoms with Gasteiger partial charge in [0.05, 0.1) is 7.11 Å². The first-order valence-electron chi connectivity index (χ1n) is 10.6. The molecule has 0 aliphatic heterocycles. The van der Waals surface area contributed by atoms with Crippen molar-refractivity contribution in [2.75, 3.05) is 19.4 Å². The van der Waals surface area contributed by atoms with Crippen LogP contribution in [0.2, 0.25) is 0 Å². The standard InChI is InChI=1S/C25H30N2O6S/c1-25(2,3)33-23(29)26-15-16-34-21(19-13-9-6-10-14-19)20(22(28)31-4)27-24(30)32-17-18-11-7-5-8-12-18/h5-14H,15-17H2,1-4H3,(H,26,29)(H,27,30)/b21-20+. The molecule has 0 saturated carbocycles. The minimum atomic E-state index is -0.787. The van der Waals surface area contributed by atoms with Gasteiger partial charge in [-0.3, -0.25) is 5.32 Å². The number of alkyl carbamates (subject to hydrolysis) is 2. The maximum Gasteiger partial charge on any atom is 0.412 e. The highest BCUT2D eigenvalue weighted by Crippen LogP contribution is 2.30. The highest BCUT2D eigenvalue weighted by Gasteiger charge is 2.22. The van der Waals surface area contributed by atoms with Crippen LogP contribution in [0.25, 0.3) is 4.91 Å². The number of thioether (sulfide) groups is 1. The largest absolute Gasteiger partial charge is 0.464 e. The summed E-state index contributed by atoms with van der Waals surface area (Å²) in [7, 11) is 1.23. The maximum absolute atomic E-state index is 12.6. The molecule has 0 atom stereocenters. The lowest BCUT2D eigenvalue weighted by atomic mass is 10.2. The molecule has 9 heteroatoms. The zero-order valence-electron chi connectivity index (χ0n) is 19.8. The van der Waals surface area contributed by atoms with Crippen molar-refractivity contribution in [2.45, 2.75) is 33.0 Å². The van der Waals surface area contributed by atoms with Gasteiger partial charge < -0.3 is 19.5 Å². The van der Waals surface area contributed by atoms with Crippen molar-refractivity contribution in [3.05, 3.63) is 77.5 Å². The van der Waals surface area contributed by atoms with E-state index in [2.05, 4.69) is 10.6 Å². The zero-order chi connectivity index (χ0) is 25.0. The van der Waals surface area contributed by atoms with Crippen molar-refractivity contribution in [3.63, 3.8) is 0 Å². The second-order valence-electron chi connectivity index (χ2n) is 8.03. The fraction of sp³-hybridized carbons (Fsp3) is 0.320. The third-order valence-corrected chi connectivity index (χ3v) is 5.25. The summed E-state index contributed by atoms with van der Waals surface area (Å²) in [5.41, 5.74) is 0.865. The van der Waals surface area contributed by atoms with Crippen molar-refractivity contribution < 1.29 is 28.6 Å². The van der Waals surface area contributed by atoms with Crippen molar-refractivity contribution in [1.82, 2.24) is 10.6 Å². The van der Waals surface area contributed by atoms with Crippen molar-refractivity contribution >= 4 is 34.8 Å². The zero-order valence-corrected chi connectivity index (χ0v) is 20.6. The molecule has 182 valence electrons. The predicted molar refractivity (Wildman–Crippen MR) is 132 cm³/mol. The van der Waals surface area contributed by atoms with Crippen molar-refractivity contribution in [1.29, 1.82) is 0 Å². The van der Waals surface area contributed by atoms with E-state index in [0.29, 0.717) is 16.2 Å². The van der Waals surface area contributed by atoms with E-state index in [9.17, 15) is 14.4 Å². The summed E-state index contributed by atoms with van der Waals surface area (Å²) in [6, 6.07) is 18.3. The molecular formula is C25H30N2O6S. The van der Waals surface area contributed by atoms with Gasteiger partial charge in [-0.15, -0.1) is 11.8 Å². The summed E-state index contributed by atoms with van der Waals surface area (Å²) >= 11 is 1.28. The molecule has 34 heavy (non-hydrogen) atoms. The number of hydrogen-bond acceptors (Lipinski definition) is 7. The van der Waals surface area contributed by atoms with Gasteiger partial charge >= 0.3 is 18.2 Å². The summed E-state index contributed by atoms with van der Waals surface area (Å²) < 4.78 is 15.4. The maximum atomic E-state index is 12.6. The van der Waals surface area contributed by atoms with E-state index >= 15 is 0 Å². The average molecular weight is 487 g/mol. The SMILES string of the molecule is COC(=O)/C(NC(=O)OCc1ccccc1)=C(\SCCNC(=O)OC(C)(C)C)c1ccccc1. The van der Waals surface area contributed by atoms with E-state index in [1.165, 1.54) is 18.9 Å². The van der Waals surface area contributed by atoms with Crippen molar-refractivity contribution in [2.24, 2.45) is 0 Å². The van der Waals surface area contributed by atoms with Crippen LogP contribution in [0.3, 0.4) is 0 Å². The Balaban J connectivity index is 2.15. The van der Waals surface area contributed by atoms with E-state index < -0.39 is 23.8 Å². The number of methoxy groups -OCH3 is 1. The Bertz CT molecular complexity index is 987. The van der Waals surface area contributed by atoms with Crippen LogP contribution in [-0.2, 0) is 25.6 Å². The third-order valence-electron chi connectivity index (χ3n) is 4.11. The highest BCUT2D eigenvalue weighted by molar-refractivity contribution is 8.08. The number of carbonyl (C=O) groups excluding carboxylic acids is 3. The van der Waals surface area contributed by atoms with E-state index in [1.807, 2.05) is 60.7 Å². The molecule has 8 nitrogen and oxygen atoms in total. The second-order valence-corrected chi connectivity index (χ2v) is 9.13. The summed E-state index contributed by atoms with van der Waals surface area (Å²) in [6.45, 7) is 5.67. The van der Waals surface area contributed by atoms with Crippen LogP contribution in [-0.4, -0.2) is 43.2 Å². The first-order chi connectivity index (χ1) is 16.2. The van der Waals surface area contributed by atoms with Crippen molar-refractivity contribution in [3.8, 4) is 0 Å². The lowest BCUT2D eigenvalue weighted by Gasteiger charge is -2.20. The molecule has 0 saturated heterocycles. The number of benzene rings is 2. The van der Waals surface area contributed by atoms with E-state index in [1.54, 1.807) is 20.8 Å². The van der Waals surface area contributed by atoms with Crippen LogP contribution in [0, 0.1) is 0 Å². The Morgan fingerprint density at radius 1 is 0.912 bits per heavy atom. The summed E-state index contributed by atoms with van der Waals surface area (Å²) in [4.78, 5) is 37.4. The van der Waals surface area contributed by atoms with Gasteiger partial charge in [-0.1, -0.05) is 60.7 Å². The first-order valence-corrected chi connectivity index (χ1v) is 11.6. The average Bonchev–Trinajstić information content (AvgIpc) is 2.81. The van der Waals surface area contributed by atoms with E-state index in [4.69, 9.17) is 14.2 Å². The molecule has 2 amide bonds. The lowest BCUT2D eigenvalue weighted by molar-refractivity contribution is -0.136. The van der Waals surface area contributed by atoms with Gasteiger partial charge in [0.25, 0.3) is 0 Å². The normalized spacial score (nSPS) is 11.6. The lowest BCUT2D eigenvalue weighted by Crippen LogP contribution is -2.33. The molecule has 0 heterocycles. The molecule has 0 aromatic heterocycles. The molecule has 2 N–H and O–H groups in total. The summed E-state index contributed by atoms with van der Waals surface area (Å²) in [5.74, 6) is -0.312. The van der Waals surface area contributed by atoms with Crippen LogP contribution in [0.15, 0.2) is 66.4 Å². The molecule has 0 unspecified atom stereocenters. The van der Waals surface area contributed by atoms with Gasteiger partial charge in [-0.2, -0.15) is 0 Å². The molecule has 2 aromatic rings. The first kappa shape index (κ1) is 26.8. The Hall–Kier alpha value is -3.46. The van der Waals surface area contributed by atoms with Gasteiger partial charge in [-0.25, -0.2) is 14.4 Å². The van der Waals surface area contributed by atoms with Crippen LogP contribution < -0.4 is 10.6 Å². The molecule has 2 rings (SSSR count). The van der Waals surface area contributed by atoms with Gasteiger partial charge in [0, 0.05) is 17.2 Å². The monoisotopic (exact) mass is 486 g/mol. The molecular weight excluding hydrogens is 456 g/mol. The highest BCUT2D eigenvalue weighted by atomic mass is 32.2. The fourth-order valence-electron chi connectivity index (χ4n) is 2.67. The minimum absolute atomic E-state index is 0.0472. The van der Waals surface area contributed by atoms with Crippen LogP contribution >= 0.6 is 11.8 Å². The topological polar surface area (TPSA) is 103 Å². The Labute approximate surface area is 204 Å². The Morgan fingerprint density at radius 2 is 1.53 bits per heavy atom. The Morgan fingerprint density at radius 3 is 2.12 bits per heavy atom. The number of hydrogen-bond donors (Lipinski definition) is 2. The van der Waals surface area contributed by atoms with Gasteiger partial charge in [0.15, 0.2) is 0 Å². The predicted octanol–water partition coefficient (Wildman–Crippen LogP) is 4.71. The molecule has 0 bridgehead atoms. The van der Waals surface area contributed by atoms with Gasteiger partial charge in [0.2, 0.25) is 0 Å². The van der Waals surface area contributed by atoms with E-state index in [0.717, 1.165) is 5.56 Å². The van der Waals surface area contributed by atoms with Gasteiger partial charge in [-0.05, 0) is 31.9 Å². The third kappa shape index (κ3) is 9.58. The number of rotatable bonds is 9. The van der Waals surface area contributed by atoms with Crippen LogP contribution in [0.4, 0.5) is 9.59 Å². The smallest absolute Gasteiger partial charge is 0.412 e. The number of nitrogens with one attached hydrogen (secondary N) is 2. The molecule has 0 spiro atoms. The quantitative estimate of drug-likeness (QED) is 0.229.